The van der Waals surface area contributed by atoms with Crippen molar-refractivity contribution in [2.45, 2.75) is 20.0 Å². The fraction of sp³-hybridized carbons (Fsp3) is 0.333. The summed E-state index contributed by atoms with van der Waals surface area (Å²) >= 11 is 0. The van der Waals surface area contributed by atoms with Crippen LogP contribution in [0.5, 0.6) is 0 Å². The van der Waals surface area contributed by atoms with Crippen molar-refractivity contribution in [1.29, 1.82) is 0 Å². The van der Waals surface area contributed by atoms with Gasteiger partial charge < -0.3 is 10.3 Å². The summed E-state index contributed by atoms with van der Waals surface area (Å²) in [6, 6.07) is 8.30. The minimum atomic E-state index is -4.64. The van der Waals surface area contributed by atoms with Crippen LogP contribution in [0.4, 0.5) is 13.2 Å². The van der Waals surface area contributed by atoms with Gasteiger partial charge in [0.05, 0.1) is 0 Å². The Kier molecular flexibility index (Phi) is 4.54. The van der Waals surface area contributed by atoms with Crippen LogP contribution in [0.3, 0.4) is 0 Å². The van der Waals surface area contributed by atoms with Gasteiger partial charge in [0.15, 0.2) is 0 Å². The average molecular weight is 311 g/mol. The Morgan fingerprint density at radius 1 is 1.27 bits per heavy atom. The van der Waals surface area contributed by atoms with E-state index in [1.54, 1.807) is 30.3 Å². The molecule has 7 heteroatoms. The number of carbonyl (C=O) groups is 1. The van der Waals surface area contributed by atoms with Gasteiger partial charge in [-0.3, -0.25) is 4.79 Å². The maximum absolute atomic E-state index is 12.8. The Bertz CT molecular complexity index is 648. The van der Waals surface area contributed by atoms with Crippen molar-refractivity contribution in [3.05, 3.63) is 41.9 Å². The van der Waals surface area contributed by atoms with Crippen LogP contribution in [0.25, 0.3) is 11.3 Å². The smallest absolute Gasteiger partial charge is 0.350 e. The largest absolute Gasteiger partial charge is 0.449 e. The van der Waals surface area contributed by atoms with Crippen LogP contribution in [0.15, 0.2) is 30.3 Å². The van der Waals surface area contributed by atoms with Crippen molar-refractivity contribution in [2.75, 3.05) is 6.54 Å². The van der Waals surface area contributed by atoms with Gasteiger partial charge in [-0.05, 0) is 5.92 Å². The van der Waals surface area contributed by atoms with E-state index >= 15 is 0 Å². The third kappa shape index (κ3) is 3.66. The molecule has 0 saturated carbocycles. The summed E-state index contributed by atoms with van der Waals surface area (Å²) in [6.45, 7) is 4.16. The molecule has 2 rings (SSSR count). The molecule has 1 amide bonds. The van der Waals surface area contributed by atoms with Crippen molar-refractivity contribution in [2.24, 2.45) is 5.92 Å². The van der Waals surface area contributed by atoms with Gasteiger partial charge in [-0.2, -0.15) is 13.2 Å². The van der Waals surface area contributed by atoms with E-state index in [2.05, 4.69) is 15.3 Å². The summed E-state index contributed by atoms with van der Waals surface area (Å²) in [5.41, 5.74) is 0.261. The molecule has 118 valence electrons. The fourth-order valence-electron chi connectivity index (χ4n) is 1.86. The number of alkyl halides is 3. The normalized spacial score (nSPS) is 11.7. The second-order valence-corrected chi connectivity index (χ2v) is 5.28. The number of imidazole rings is 1. The number of rotatable bonds is 4. The molecule has 2 aromatic rings. The van der Waals surface area contributed by atoms with Gasteiger partial charge in [0, 0.05) is 12.1 Å². The molecule has 0 atom stereocenters. The highest BCUT2D eigenvalue weighted by molar-refractivity contribution is 5.98. The van der Waals surface area contributed by atoms with Crippen molar-refractivity contribution in [3.63, 3.8) is 0 Å². The van der Waals surface area contributed by atoms with Gasteiger partial charge >= 0.3 is 6.18 Å². The van der Waals surface area contributed by atoms with Crippen LogP contribution in [0.2, 0.25) is 0 Å². The number of benzene rings is 1. The van der Waals surface area contributed by atoms with Crippen LogP contribution in [-0.2, 0) is 6.18 Å². The summed E-state index contributed by atoms with van der Waals surface area (Å²) in [5.74, 6) is -1.59. The number of nitrogens with one attached hydrogen (secondary N) is 2. The van der Waals surface area contributed by atoms with Crippen LogP contribution in [0, 0.1) is 5.92 Å². The van der Waals surface area contributed by atoms with E-state index in [9.17, 15) is 18.0 Å². The third-order valence-corrected chi connectivity index (χ3v) is 2.92. The van der Waals surface area contributed by atoms with Gasteiger partial charge in [0.1, 0.15) is 11.4 Å². The molecule has 0 unspecified atom stereocenters. The lowest BCUT2D eigenvalue weighted by molar-refractivity contribution is -0.144. The molecule has 0 aliphatic heterocycles. The second kappa shape index (κ2) is 6.21. The van der Waals surface area contributed by atoms with Gasteiger partial charge in [-0.25, -0.2) is 4.98 Å². The molecule has 0 aliphatic rings. The SMILES string of the molecule is CC(C)CNC(=O)c1[nH]c(C(F)(F)F)nc1-c1ccccc1. The molecule has 0 fully saturated rings. The van der Waals surface area contributed by atoms with Crippen LogP contribution in [0.1, 0.15) is 30.2 Å². The summed E-state index contributed by atoms with van der Waals surface area (Å²) < 4.78 is 38.5. The average Bonchev–Trinajstić information content (AvgIpc) is 2.91. The van der Waals surface area contributed by atoms with Crippen molar-refractivity contribution in [3.8, 4) is 11.3 Å². The van der Waals surface area contributed by atoms with Crippen molar-refractivity contribution >= 4 is 5.91 Å². The molecule has 0 radical (unpaired) electrons. The second-order valence-electron chi connectivity index (χ2n) is 5.28. The van der Waals surface area contributed by atoms with Gasteiger partial charge in [-0.1, -0.05) is 44.2 Å². The minimum absolute atomic E-state index is 0.00539. The number of aromatic nitrogens is 2. The lowest BCUT2D eigenvalue weighted by atomic mass is 10.1. The standard InChI is InChI=1S/C15H16F3N3O/c1-9(2)8-19-13(22)12-11(10-6-4-3-5-7-10)20-14(21-12)15(16,17)18/h3-7,9H,8H2,1-2H3,(H,19,22)(H,20,21). The van der Waals surface area contributed by atoms with E-state index < -0.39 is 17.9 Å². The molecule has 0 aliphatic carbocycles. The van der Waals surface area contributed by atoms with E-state index in [0.29, 0.717) is 12.1 Å². The molecule has 2 N–H and O–H groups in total. The Labute approximate surface area is 125 Å². The maximum atomic E-state index is 12.8. The summed E-state index contributed by atoms with van der Waals surface area (Å²) in [6.07, 6.45) is -4.64. The maximum Gasteiger partial charge on any atom is 0.449 e. The zero-order chi connectivity index (χ0) is 16.3. The number of H-pyrrole nitrogens is 1. The number of aromatic amines is 1. The quantitative estimate of drug-likeness (QED) is 0.908. The number of nitrogens with zero attached hydrogens (tertiary/aromatic N) is 1. The summed E-state index contributed by atoms with van der Waals surface area (Å²) in [4.78, 5) is 17.8. The Hall–Kier alpha value is -2.31. The number of carbonyl (C=O) groups excluding carboxylic acids is 1. The first kappa shape index (κ1) is 16.1. The highest BCUT2D eigenvalue weighted by Gasteiger charge is 2.36. The Balaban J connectivity index is 2.42. The summed E-state index contributed by atoms with van der Waals surface area (Å²) in [7, 11) is 0. The lowest BCUT2D eigenvalue weighted by Crippen LogP contribution is -2.28. The molecule has 1 heterocycles. The van der Waals surface area contributed by atoms with Gasteiger partial charge in [0.25, 0.3) is 5.91 Å². The number of hydrogen-bond acceptors (Lipinski definition) is 2. The van der Waals surface area contributed by atoms with E-state index in [-0.39, 0.29) is 17.3 Å². The number of amides is 1. The van der Waals surface area contributed by atoms with Crippen LogP contribution >= 0.6 is 0 Å². The topological polar surface area (TPSA) is 57.8 Å². The number of hydrogen-bond donors (Lipinski definition) is 2. The summed E-state index contributed by atoms with van der Waals surface area (Å²) in [5, 5.41) is 2.60. The van der Waals surface area contributed by atoms with Gasteiger partial charge in [-0.15, -0.1) is 0 Å². The zero-order valence-electron chi connectivity index (χ0n) is 12.2. The molecule has 22 heavy (non-hydrogen) atoms. The third-order valence-electron chi connectivity index (χ3n) is 2.92. The Morgan fingerprint density at radius 3 is 2.45 bits per heavy atom. The molecule has 1 aromatic carbocycles. The molecule has 4 nitrogen and oxygen atoms in total. The Morgan fingerprint density at radius 2 is 1.91 bits per heavy atom. The van der Waals surface area contributed by atoms with E-state index in [1.165, 1.54) is 0 Å². The molecular weight excluding hydrogens is 295 g/mol. The van der Waals surface area contributed by atoms with Crippen LogP contribution in [-0.4, -0.2) is 22.4 Å². The first-order chi connectivity index (χ1) is 10.3. The lowest BCUT2D eigenvalue weighted by Gasteiger charge is -2.07. The molecule has 0 spiro atoms. The molecule has 1 aromatic heterocycles. The monoisotopic (exact) mass is 311 g/mol. The first-order valence-corrected chi connectivity index (χ1v) is 6.80. The van der Waals surface area contributed by atoms with E-state index in [0.717, 1.165) is 0 Å². The highest BCUT2D eigenvalue weighted by Crippen LogP contribution is 2.31. The molecule has 0 saturated heterocycles. The fourth-order valence-corrected chi connectivity index (χ4v) is 1.86. The van der Waals surface area contributed by atoms with Crippen molar-refractivity contribution in [1.82, 2.24) is 15.3 Å². The van der Waals surface area contributed by atoms with Crippen LogP contribution < -0.4 is 5.32 Å². The van der Waals surface area contributed by atoms with E-state index in [4.69, 9.17) is 0 Å². The number of halogens is 3. The molecule has 0 bridgehead atoms. The predicted octanol–water partition coefficient (Wildman–Crippen LogP) is 3.48. The first-order valence-electron chi connectivity index (χ1n) is 6.80. The zero-order valence-corrected chi connectivity index (χ0v) is 12.2. The van der Waals surface area contributed by atoms with Crippen molar-refractivity contribution < 1.29 is 18.0 Å². The highest BCUT2D eigenvalue weighted by atomic mass is 19.4. The van der Waals surface area contributed by atoms with E-state index in [1.807, 2.05) is 13.8 Å². The van der Waals surface area contributed by atoms with Gasteiger partial charge in [0.2, 0.25) is 5.82 Å². The molecular formula is C15H16F3N3O. The predicted molar refractivity (Wildman–Crippen MR) is 76.2 cm³/mol. The minimum Gasteiger partial charge on any atom is -0.350 e.